The van der Waals surface area contributed by atoms with Crippen molar-refractivity contribution in [3.8, 4) is 0 Å². The number of aliphatic carboxylic acids is 1. The van der Waals surface area contributed by atoms with Crippen LogP contribution in [0.5, 0.6) is 0 Å². The zero-order valence-electron chi connectivity index (χ0n) is 84.4. The predicted molar refractivity (Wildman–Crippen MR) is 524 cm³/mol. The van der Waals surface area contributed by atoms with E-state index in [-0.39, 0.29) is 36.8 Å². The molecule has 7 heterocycles. The monoisotopic (exact) mass is 2020 g/mol. The number of alkyl carbamates (subject to hydrolysis) is 1. The molecule has 0 aliphatic heterocycles. The smallest absolute Gasteiger partial charge is 0.413 e. The first-order chi connectivity index (χ1) is 66.4. The molecule has 6 amide bonds. The number of nitrogens with two attached hydrogens (primary N) is 3. The maximum atomic E-state index is 12.2. The number of carboxylic acid groups (broad SMARTS) is 2. The molecule has 1 aromatic carbocycles. The molecule has 48 nitrogen and oxygen atoms in total. The second kappa shape index (κ2) is 63.0. The van der Waals surface area contributed by atoms with Crippen LogP contribution in [0.2, 0.25) is 0 Å². The van der Waals surface area contributed by atoms with Crippen LogP contribution < -0.4 is 49.1 Å². The van der Waals surface area contributed by atoms with Gasteiger partial charge in [-0.3, -0.25) is 46.1 Å². The summed E-state index contributed by atoms with van der Waals surface area (Å²) in [5.41, 5.74) is 17.0. The van der Waals surface area contributed by atoms with Crippen LogP contribution in [-0.4, -0.2) is 237 Å². The van der Waals surface area contributed by atoms with Crippen molar-refractivity contribution in [3.63, 3.8) is 0 Å². The lowest BCUT2D eigenvalue weighted by Crippen LogP contribution is -2.42. The number of hydrogen-bond acceptors (Lipinski definition) is 40. The van der Waals surface area contributed by atoms with Gasteiger partial charge in [0.05, 0.1) is 58.8 Å². The molecule has 8 aromatic rings. The molecular weight excluding hydrogens is 1900 g/mol. The number of aromatic nitrogens is 7. The molecule has 8 rings (SSSR count). The SMILES string of the molecule is CC(C)(C)OC(=O)Nc1cc(C=O)ccn1.CC(C)(C)OC(=O)Nc1cc(CO)ccn1.COC(=O)/C(C)=C/c1ccnc(NC(=O)OC(C)(C)C)c1.COC(=O)C(N)Cc1ccnc(NC(=O)OC(C)(C)C)c1.COC(=O)C(NC(=O)OCc1ccccc1)P(=O)(OC)OC.COC(=O)c1ccnc(N)c1.COC(=O)c1ccnc(NC(=O)OC(C)(C)C)c1.COC(C)(C)C(=O)O.Nc1cc(C(=O)O)ccn1. The van der Waals surface area contributed by atoms with Crippen LogP contribution in [0.1, 0.15) is 188 Å². The largest absolute Gasteiger partial charge is 0.479 e. The number of carbonyl (C=O) groups excluding carboxylic acids is 12. The highest BCUT2D eigenvalue weighted by Crippen LogP contribution is 2.51. The molecule has 49 heteroatoms. The molecular formula is C94H129N16O32P. The van der Waals surface area contributed by atoms with Crippen molar-refractivity contribution in [1.29, 1.82) is 0 Å². The van der Waals surface area contributed by atoms with Gasteiger partial charge in [-0.05, 0) is 244 Å². The van der Waals surface area contributed by atoms with Crippen LogP contribution >= 0.6 is 7.60 Å². The third-order valence-electron chi connectivity index (χ3n) is 15.7. The van der Waals surface area contributed by atoms with Crippen LogP contribution in [0.3, 0.4) is 0 Å². The van der Waals surface area contributed by atoms with Crippen LogP contribution in [0.15, 0.2) is 164 Å². The van der Waals surface area contributed by atoms with Gasteiger partial charge in [-0.2, -0.15) is 0 Å². The fourth-order valence-electron chi connectivity index (χ4n) is 9.15. The number of nitrogens with zero attached hydrogens (tertiary/aromatic N) is 7. The van der Waals surface area contributed by atoms with Gasteiger partial charge in [0.1, 0.15) is 87.7 Å². The van der Waals surface area contributed by atoms with Gasteiger partial charge in [0, 0.05) is 75.8 Å². The van der Waals surface area contributed by atoms with Crippen molar-refractivity contribution in [1.82, 2.24) is 40.2 Å². The van der Waals surface area contributed by atoms with E-state index in [1.54, 1.807) is 190 Å². The van der Waals surface area contributed by atoms with E-state index < -0.39 is 131 Å². The molecule has 143 heavy (non-hydrogen) atoms. The molecule has 0 bridgehead atoms. The lowest BCUT2D eigenvalue weighted by Gasteiger charge is -2.22. The number of pyridine rings is 7. The highest BCUT2D eigenvalue weighted by atomic mass is 31.2. The number of aldehydes is 1. The number of aliphatic hydroxyl groups excluding tert-OH is 1. The molecule has 0 radical (unpaired) electrons. The van der Waals surface area contributed by atoms with Crippen LogP contribution in [0.4, 0.5) is 69.5 Å². The molecule has 0 aliphatic rings. The second-order valence-corrected chi connectivity index (χ2v) is 36.2. The summed E-state index contributed by atoms with van der Waals surface area (Å²) in [6.07, 6.45) is 8.94. The summed E-state index contributed by atoms with van der Waals surface area (Å²) in [6, 6.07) is 29.7. The number of rotatable bonds is 24. The number of nitrogens with one attached hydrogen (secondary N) is 6. The third-order valence-corrected chi connectivity index (χ3v) is 17.7. The number of benzene rings is 1. The maximum absolute atomic E-state index is 12.2. The minimum absolute atomic E-state index is 0.00910. The summed E-state index contributed by atoms with van der Waals surface area (Å²) in [6.45, 7) is 31.1. The quantitative estimate of drug-likeness (QED) is 0.00879. The summed E-state index contributed by atoms with van der Waals surface area (Å²) >= 11 is 0. The molecule has 15 N–H and O–H groups in total. The Kier molecular flexibility index (Phi) is 56.1. The number of ether oxygens (including phenoxy) is 12. The number of esters is 5. The summed E-state index contributed by atoms with van der Waals surface area (Å²) in [5, 5.41) is 40.2. The molecule has 0 saturated carbocycles. The number of methoxy groups -OCH3 is 6. The predicted octanol–water partition coefficient (Wildman–Crippen LogP) is 14.1. The van der Waals surface area contributed by atoms with E-state index in [0.717, 1.165) is 38.0 Å². The van der Waals surface area contributed by atoms with E-state index in [1.165, 1.54) is 129 Å². The molecule has 0 saturated heterocycles. The number of anilines is 7. The Balaban J connectivity index is 0.00000161. The van der Waals surface area contributed by atoms with Gasteiger partial charge < -0.3 is 98.4 Å². The van der Waals surface area contributed by atoms with Gasteiger partial charge in [0.15, 0.2) is 5.60 Å². The molecule has 0 fully saturated rings. The third kappa shape index (κ3) is 58.0. The number of aromatic carboxylic acids is 1. The van der Waals surface area contributed by atoms with Crippen molar-refractivity contribution < 1.29 is 153 Å². The zero-order valence-corrected chi connectivity index (χ0v) is 85.3. The fourth-order valence-corrected chi connectivity index (χ4v) is 10.3. The van der Waals surface area contributed by atoms with Crippen molar-refractivity contribution in [2.75, 3.05) is 94.9 Å². The van der Waals surface area contributed by atoms with E-state index in [4.69, 9.17) is 70.0 Å². The molecule has 0 spiro atoms. The van der Waals surface area contributed by atoms with E-state index in [1.807, 2.05) is 6.07 Å². The van der Waals surface area contributed by atoms with E-state index in [9.17, 15) is 71.7 Å². The fraction of sp³-hybridized carbons (Fsp3) is 0.394. The van der Waals surface area contributed by atoms with Gasteiger partial charge in [-0.1, -0.05) is 30.3 Å². The van der Waals surface area contributed by atoms with E-state index >= 15 is 0 Å². The van der Waals surface area contributed by atoms with E-state index in [0.29, 0.717) is 63.2 Å². The first-order valence-corrected chi connectivity index (χ1v) is 43.9. The lowest BCUT2D eigenvalue weighted by atomic mass is 10.1. The number of carbonyl (C=O) groups is 14. The Morgan fingerprint density at radius 3 is 1.10 bits per heavy atom. The van der Waals surface area contributed by atoms with Crippen molar-refractivity contribution in [2.24, 2.45) is 5.73 Å². The number of hydrogen-bond donors (Lipinski definition) is 12. The Bertz CT molecular complexity index is 5540. The summed E-state index contributed by atoms with van der Waals surface area (Å²) in [5.74, 6) is -4.23. The van der Waals surface area contributed by atoms with Crippen LogP contribution in [0, 0.1) is 0 Å². The van der Waals surface area contributed by atoms with Gasteiger partial charge >= 0.3 is 85.9 Å². The van der Waals surface area contributed by atoms with E-state index in [2.05, 4.69) is 95.2 Å². The average Bonchev–Trinajstić information content (AvgIpc) is 0.821. The second-order valence-electron chi connectivity index (χ2n) is 33.8. The maximum Gasteiger partial charge on any atom is 0.413 e. The van der Waals surface area contributed by atoms with Gasteiger partial charge in [0.2, 0.25) is 5.78 Å². The minimum atomic E-state index is -3.90. The summed E-state index contributed by atoms with van der Waals surface area (Å²) < 4.78 is 79.3. The van der Waals surface area contributed by atoms with Crippen molar-refractivity contribution in [2.45, 2.75) is 190 Å². The first kappa shape index (κ1) is 127. The minimum Gasteiger partial charge on any atom is -0.479 e. The van der Waals surface area contributed by atoms with Gasteiger partial charge in [-0.25, -0.2) is 92.4 Å². The topological polar surface area (TPSA) is 686 Å². The average molecular weight is 2030 g/mol. The summed E-state index contributed by atoms with van der Waals surface area (Å²) in [7, 11) is 5.95. The standard InChI is InChI=1S/C15H20N2O4.C14H21N3O4.C13H18NO7P.C12H16N2O4.C11H16N2O3.C11H14N2O3.C7H8N2O2.C6H6N2O2.C5H10O3/c1-10(13(18)20-5)8-11-6-7-16-12(9-11)17-14(19)21-15(2,3)4;1-14(2,3)21-13(19)17-11-8-9(5-6-16-11)7-10(15)12(18)20-4;1-18-12(15)11(22(17,19-2)20-3)14-13(16)21-9-10-7-5-4-6-8-10;1-12(2,3)18-11(16)14-9-7-8(5-6-13-9)10(15)17-4;2*1-11(2,3)16-10(15)13-9-6-8(7-14)4-5-12-9;1-11-7(10)5-2-3-9-6(8)4-5;7-5-3-4(6(9)10)1-2-8-5;1-5(2,8-3)4(6)7/h6-9H,1-5H3,(H,16,17,19);5-6,8,10H,7,15H2,1-4H3,(H,16,17,19);4-8,11H,9H2,1-3H3,(H,14,16);5-7H,1-4H3,(H,13,14,16);4-6,14H,7H2,1-3H3,(H,12,13,15);4-7H,1-3H3,(H,12,13,15);2-4H,1H3,(H2,8,9);1-3H,(H2,7,8)(H,9,10);1-3H3,(H,6,7)/b10-8+;;;;;;;;. The molecule has 2 unspecified atom stereocenters. The Morgan fingerprint density at radius 1 is 0.413 bits per heavy atom. The zero-order chi connectivity index (χ0) is 109. The van der Waals surface area contributed by atoms with Crippen LogP contribution in [0.25, 0.3) is 6.08 Å². The number of nitrogen functional groups attached to an aromatic ring is 2. The van der Waals surface area contributed by atoms with Gasteiger partial charge in [0.25, 0.3) is 0 Å². The molecule has 7 aromatic heterocycles. The first-order valence-electron chi connectivity index (χ1n) is 42.3. The number of amides is 6. The lowest BCUT2D eigenvalue weighted by molar-refractivity contribution is -0.157. The number of carboxylic acids is 2. The summed E-state index contributed by atoms with van der Waals surface area (Å²) in [4.78, 5) is 184. The Hall–Kier alpha value is -15.8. The molecule has 0 aliphatic carbocycles. The van der Waals surface area contributed by atoms with Gasteiger partial charge in [-0.15, -0.1) is 0 Å². The number of aliphatic hydroxyl groups is 1. The normalized spacial score (nSPS) is 11.2. The Morgan fingerprint density at radius 2 is 0.762 bits per heavy atom. The highest BCUT2D eigenvalue weighted by Gasteiger charge is 2.43. The van der Waals surface area contributed by atoms with Crippen molar-refractivity contribution >= 4 is 139 Å². The molecule has 2 atom stereocenters. The Labute approximate surface area is 827 Å². The highest BCUT2D eigenvalue weighted by molar-refractivity contribution is 7.55. The molecule has 782 valence electrons. The van der Waals surface area contributed by atoms with Crippen molar-refractivity contribution in [3.05, 3.63) is 209 Å². The van der Waals surface area contributed by atoms with Crippen LogP contribution in [-0.2, 0) is 109 Å².